The molecule has 1 heterocycles. The first-order valence-electron chi connectivity index (χ1n) is 3.13. The summed E-state index contributed by atoms with van der Waals surface area (Å²) in [4.78, 5) is 0. The highest BCUT2D eigenvalue weighted by atomic mass is 19.1. The van der Waals surface area contributed by atoms with Gasteiger partial charge in [-0.1, -0.05) is 0 Å². The third-order valence-corrected chi connectivity index (χ3v) is 1.57. The minimum absolute atomic E-state index is 0.177. The van der Waals surface area contributed by atoms with Crippen molar-refractivity contribution < 1.29 is 4.39 Å². The third-order valence-electron chi connectivity index (χ3n) is 1.57. The first-order valence-corrected chi connectivity index (χ1v) is 3.13. The van der Waals surface area contributed by atoms with Gasteiger partial charge in [0.2, 0.25) is 0 Å². The van der Waals surface area contributed by atoms with Crippen LogP contribution in [0, 0.1) is 5.82 Å². The van der Waals surface area contributed by atoms with Crippen LogP contribution in [0.5, 0.6) is 0 Å². The van der Waals surface area contributed by atoms with E-state index in [1.165, 1.54) is 12.1 Å². The molecule has 3 heteroatoms. The zero-order valence-corrected chi connectivity index (χ0v) is 5.32. The first kappa shape index (κ1) is 5.68. The van der Waals surface area contributed by atoms with Gasteiger partial charge in [0.25, 0.3) is 0 Å². The van der Waals surface area contributed by atoms with E-state index in [1.807, 2.05) is 0 Å². The van der Waals surface area contributed by atoms with Crippen LogP contribution in [0.3, 0.4) is 0 Å². The molecular formula is C7H7FN2. The highest BCUT2D eigenvalue weighted by Gasteiger charge is 2.08. The predicted octanol–water partition coefficient (Wildman–Crippen LogP) is 1.26. The molecule has 2 rings (SSSR count). The molecule has 0 bridgehead atoms. The molecule has 1 aromatic rings. The van der Waals surface area contributed by atoms with Gasteiger partial charge in [0.15, 0.2) is 0 Å². The second-order valence-electron chi connectivity index (χ2n) is 2.28. The molecule has 52 valence electrons. The molecule has 2 N–H and O–H groups in total. The van der Waals surface area contributed by atoms with Crippen LogP contribution in [-0.2, 0) is 6.54 Å². The number of nitrogens with one attached hydrogen (secondary N) is 2. The number of halogens is 1. The molecule has 1 aromatic carbocycles. The van der Waals surface area contributed by atoms with Crippen molar-refractivity contribution in [3.05, 3.63) is 29.6 Å². The van der Waals surface area contributed by atoms with E-state index in [0.29, 0.717) is 6.54 Å². The SMILES string of the molecule is Fc1ccc2c(c1)CNN2. The molecule has 0 amide bonds. The van der Waals surface area contributed by atoms with Crippen molar-refractivity contribution in [3.8, 4) is 0 Å². The molecule has 0 spiro atoms. The van der Waals surface area contributed by atoms with Crippen LogP contribution in [0.25, 0.3) is 0 Å². The lowest BCUT2D eigenvalue weighted by Crippen LogP contribution is -2.10. The summed E-state index contributed by atoms with van der Waals surface area (Å²) >= 11 is 0. The maximum atomic E-state index is 12.5. The second kappa shape index (κ2) is 1.95. The largest absolute Gasteiger partial charge is 0.321 e. The summed E-state index contributed by atoms with van der Waals surface area (Å²) in [7, 11) is 0. The smallest absolute Gasteiger partial charge is 0.123 e. The quantitative estimate of drug-likeness (QED) is 0.564. The Bertz CT molecular complexity index is 260. The van der Waals surface area contributed by atoms with Crippen molar-refractivity contribution in [3.63, 3.8) is 0 Å². The van der Waals surface area contributed by atoms with E-state index in [2.05, 4.69) is 10.9 Å². The fraction of sp³-hybridized carbons (Fsp3) is 0.143. The van der Waals surface area contributed by atoms with Crippen LogP contribution >= 0.6 is 0 Å². The Morgan fingerprint density at radius 1 is 1.40 bits per heavy atom. The highest BCUT2D eigenvalue weighted by molar-refractivity contribution is 5.53. The number of fused-ring (bicyclic) bond motifs is 1. The number of hydrazine groups is 1. The van der Waals surface area contributed by atoms with Gasteiger partial charge in [-0.15, -0.1) is 0 Å². The Hall–Kier alpha value is -1.09. The minimum Gasteiger partial charge on any atom is -0.321 e. The second-order valence-corrected chi connectivity index (χ2v) is 2.28. The van der Waals surface area contributed by atoms with E-state index in [-0.39, 0.29) is 5.82 Å². The van der Waals surface area contributed by atoms with Crippen LogP contribution in [-0.4, -0.2) is 0 Å². The summed E-state index contributed by atoms with van der Waals surface area (Å²) in [6.45, 7) is 0.701. The lowest BCUT2D eigenvalue weighted by molar-refractivity contribution is 0.626. The molecule has 0 aliphatic carbocycles. The molecule has 1 aliphatic rings. The van der Waals surface area contributed by atoms with Gasteiger partial charge in [0.1, 0.15) is 5.82 Å². The standard InChI is InChI=1S/C7H7FN2/c8-6-1-2-7-5(3-6)4-9-10-7/h1-3,9-10H,4H2. The van der Waals surface area contributed by atoms with Crippen molar-refractivity contribution in [2.75, 3.05) is 5.43 Å². The molecule has 10 heavy (non-hydrogen) atoms. The highest BCUT2D eigenvalue weighted by Crippen LogP contribution is 2.19. The molecule has 0 fully saturated rings. The van der Waals surface area contributed by atoms with Crippen LogP contribution in [0.15, 0.2) is 18.2 Å². The Balaban J connectivity index is 2.52. The fourth-order valence-corrected chi connectivity index (χ4v) is 1.07. The predicted molar refractivity (Wildman–Crippen MR) is 36.9 cm³/mol. The molecule has 0 saturated carbocycles. The van der Waals surface area contributed by atoms with Gasteiger partial charge in [-0.2, -0.15) is 0 Å². The normalized spacial score (nSPS) is 14.5. The number of rotatable bonds is 0. The Labute approximate surface area is 58.0 Å². The lowest BCUT2D eigenvalue weighted by atomic mass is 10.2. The van der Waals surface area contributed by atoms with Crippen LogP contribution in [0.1, 0.15) is 5.56 Å². The van der Waals surface area contributed by atoms with Crippen molar-refractivity contribution in [2.45, 2.75) is 6.54 Å². The van der Waals surface area contributed by atoms with E-state index < -0.39 is 0 Å². The van der Waals surface area contributed by atoms with Crippen molar-refractivity contribution in [1.29, 1.82) is 0 Å². The van der Waals surface area contributed by atoms with Gasteiger partial charge in [0, 0.05) is 6.54 Å². The van der Waals surface area contributed by atoms with E-state index in [0.717, 1.165) is 11.3 Å². The van der Waals surface area contributed by atoms with Crippen molar-refractivity contribution in [2.24, 2.45) is 0 Å². The van der Waals surface area contributed by atoms with E-state index in [1.54, 1.807) is 6.07 Å². The Morgan fingerprint density at radius 3 is 3.20 bits per heavy atom. The molecule has 0 atom stereocenters. The average Bonchev–Trinajstić information content (AvgIpc) is 2.33. The third kappa shape index (κ3) is 0.752. The van der Waals surface area contributed by atoms with E-state index in [9.17, 15) is 4.39 Å². The zero-order valence-electron chi connectivity index (χ0n) is 5.32. The monoisotopic (exact) mass is 138 g/mol. The van der Waals surface area contributed by atoms with Crippen molar-refractivity contribution >= 4 is 5.69 Å². The van der Waals surface area contributed by atoms with Gasteiger partial charge in [-0.05, 0) is 23.8 Å². The maximum absolute atomic E-state index is 12.5. The van der Waals surface area contributed by atoms with Crippen LogP contribution in [0.2, 0.25) is 0 Å². The number of hydrogen-bond donors (Lipinski definition) is 2. The molecule has 0 radical (unpaired) electrons. The number of anilines is 1. The molecule has 1 aliphatic heterocycles. The summed E-state index contributed by atoms with van der Waals surface area (Å²) in [6.07, 6.45) is 0. The molecule has 0 aromatic heterocycles. The van der Waals surface area contributed by atoms with Crippen molar-refractivity contribution in [1.82, 2.24) is 5.43 Å². The number of hydrogen-bond acceptors (Lipinski definition) is 2. The summed E-state index contributed by atoms with van der Waals surface area (Å²) < 4.78 is 12.5. The average molecular weight is 138 g/mol. The molecule has 2 nitrogen and oxygen atoms in total. The Kier molecular flexibility index (Phi) is 1.11. The van der Waals surface area contributed by atoms with Crippen LogP contribution in [0.4, 0.5) is 10.1 Å². The molecular weight excluding hydrogens is 131 g/mol. The van der Waals surface area contributed by atoms with E-state index in [4.69, 9.17) is 0 Å². The topological polar surface area (TPSA) is 24.1 Å². The number of benzene rings is 1. The van der Waals surface area contributed by atoms with Crippen LogP contribution < -0.4 is 10.9 Å². The fourth-order valence-electron chi connectivity index (χ4n) is 1.07. The zero-order chi connectivity index (χ0) is 6.97. The maximum Gasteiger partial charge on any atom is 0.123 e. The molecule has 0 unspecified atom stereocenters. The van der Waals surface area contributed by atoms with Gasteiger partial charge < -0.3 is 5.43 Å². The van der Waals surface area contributed by atoms with E-state index >= 15 is 0 Å². The summed E-state index contributed by atoms with van der Waals surface area (Å²) in [6, 6.07) is 4.70. The van der Waals surface area contributed by atoms with Gasteiger partial charge in [-0.25, -0.2) is 9.82 Å². The lowest BCUT2D eigenvalue weighted by Gasteiger charge is -1.95. The summed E-state index contributed by atoms with van der Waals surface area (Å²) in [5.41, 5.74) is 7.77. The van der Waals surface area contributed by atoms with Gasteiger partial charge in [-0.3, -0.25) is 0 Å². The summed E-state index contributed by atoms with van der Waals surface area (Å²) in [5.74, 6) is -0.177. The van der Waals surface area contributed by atoms with Gasteiger partial charge in [0.05, 0.1) is 5.69 Å². The minimum atomic E-state index is -0.177. The first-order chi connectivity index (χ1) is 4.86. The molecule has 0 saturated heterocycles. The van der Waals surface area contributed by atoms with Gasteiger partial charge >= 0.3 is 0 Å². The Morgan fingerprint density at radius 2 is 2.30 bits per heavy atom. The summed E-state index contributed by atoms with van der Waals surface area (Å²) in [5, 5.41) is 0.